The van der Waals surface area contributed by atoms with Crippen molar-refractivity contribution in [3.8, 4) is 0 Å². The molecule has 3 N–H and O–H groups in total. The minimum atomic E-state index is -0.836. The Morgan fingerprint density at radius 3 is 2.63 bits per heavy atom. The molecule has 0 heterocycles. The fourth-order valence-electron chi connectivity index (χ4n) is 3.73. The Morgan fingerprint density at radius 2 is 2.05 bits per heavy atom. The lowest BCUT2D eigenvalue weighted by molar-refractivity contribution is -0.102. The van der Waals surface area contributed by atoms with Crippen molar-refractivity contribution in [3.05, 3.63) is 35.9 Å². The van der Waals surface area contributed by atoms with E-state index >= 15 is 0 Å². The Morgan fingerprint density at radius 1 is 1.37 bits per heavy atom. The van der Waals surface area contributed by atoms with Crippen molar-refractivity contribution in [2.24, 2.45) is 17.1 Å². The van der Waals surface area contributed by atoms with Gasteiger partial charge in [-0.05, 0) is 31.2 Å². The number of nitrogens with two attached hydrogens (primary N) is 1. The van der Waals surface area contributed by atoms with E-state index < -0.39 is 5.60 Å². The summed E-state index contributed by atoms with van der Waals surface area (Å²) in [6, 6.07) is 10.0. The fraction of sp³-hybridized carbons (Fsp3) is 0.647. The van der Waals surface area contributed by atoms with Crippen molar-refractivity contribution >= 4 is 0 Å². The van der Waals surface area contributed by atoms with E-state index in [2.05, 4.69) is 6.92 Å². The minimum Gasteiger partial charge on any atom is -0.385 e. The van der Waals surface area contributed by atoms with Gasteiger partial charge in [-0.15, -0.1) is 0 Å². The quantitative estimate of drug-likeness (QED) is 0.872. The largest absolute Gasteiger partial charge is 0.385 e. The second-order valence-electron chi connectivity index (χ2n) is 6.29. The number of hydrogen-bond acceptors (Lipinski definition) is 2. The summed E-state index contributed by atoms with van der Waals surface area (Å²) in [7, 11) is 0. The Hall–Kier alpha value is -0.860. The van der Waals surface area contributed by atoms with E-state index in [1.165, 1.54) is 19.3 Å². The van der Waals surface area contributed by atoms with Crippen LogP contribution < -0.4 is 5.73 Å². The Balaban J connectivity index is 2.34. The zero-order chi connectivity index (χ0) is 13.9. The van der Waals surface area contributed by atoms with Crippen LogP contribution >= 0.6 is 0 Å². The number of rotatable bonds is 4. The molecule has 0 amide bonds. The maximum atomic E-state index is 11.2. The zero-order valence-electron chi connectivity index (χ0n) is 12.2. The second-order valence-corrected chi connectivity index (χ2v) is 6.29. The highest BCUT2D eigenvalue weighted by molar-refractivity contribution is 5.25. The van der Waals surface area contributed by atoms with E-state index in [1.807, 2.05) is 37.3 Å². The molecule has 2 rings (SSSR count). The van der Waals surface area contributed by atoms with Gasteiger partial charge in [-0.25, -0.2) is 0 Å². The maximum Gasteiger partial charge on any atom is 0.0936 e. The summed E-state index contributed by atoms with van der Waals surface area (Å²) in [4.78, 5) is 0. The van der Waals surface area contributed by atoms with Crippen LogP contribution in [-0.4, -0.2) is 11.7 Å². The molecule has 1 aliphatic rings. The topological polar surface area (TPSA) is 46.2 Å². The fourth-order valence-corrected chi connectivity index (χ4v) is 3.73. The summed E-state index contributed by atoms with van der Waals surface area (Å²) in [5.41, 5.74) is 6.11. The predicted molar refractivity (Wildman–Crippen MR) is 79.7 cm³/mol. The molecule has 19 heavy (non-hydrogen) atoms. The van der Waals surface area contributed by atoms with Gasteiger partial charge in [-0.1, -0.05) is 56.5 Å². The van der Waals surface area contributed by atoms with Crippen LogP contribution in [0.4, 0.5) is 0 Å². The summed E-state index contributed by atoms with van der Waals surface area (Å²) in [6.45, 7) is 4.76. The number of benzene rings is 1. The van der Waals surface area contributed by atoms with E-state index in [9.17, 15) is 5.11 Å². The molecule has 3 unspecified atom stereocenters. The molecule has 1 saturated carbocycles. The molecule has 1 aromatic rings. The summed E-state index contributed by atoms with van der Waals surface area (Å²) < 4.78 is 0. The normalized spacial score (nSPS) is 30.8. The van der Waals surface area contributed by atoms with E-state index in [4.69, 9.17) is 5.73 Å². The van der Waals surface area contributed by atoms with Crippen LogP contribution in [-0.2, 0) is 5.60 Å². The standard InChI is InChI=1S/C17H27NO/c1-3-14-8-7-11-17(12-14,13-18)16(2,19)15-9-5-4-6-10-15/h4-6,9-10,14,19H,3,7-8,11-13,18H2,1-2H3. The molecule has 0 aliphatic heterocycles. The van der Waals surface area contributed by atoms with Crippen molar-refractivity contribution < 1.29 is 5.11 Å². The van der Waals surface area contributed by atoms with E-state index in [1.54, 1.807) is 0 Å². The minimum absolute atomic E-state index is 0.173. The molecule has 3 atom stereocenters. The van der Waals surface area contributed by atoms with Crippen molar-refractivity contribution in [1.82, 2.24) is 0 Å². The third-order valence-corrected chi connectivity index (χ3v) is 5.28. The third-order valence-electron chi connectivity index (χ3n) is 5.28. The Labute approximate surface area is 117 Å². The van der Waals surface area contributed by atoms with Gasteiger partial charge in [-0.3, -0.25) is 0 Å². The molecule has 0 aromatic heterocycles. The number of hydrogen-bond donors (Lipinski definition) is 2. The lowest BCUT2D eigenvalue weighted by Crippen LogP contribution is -2.51. The highest BCUT2D eigenvalue weighted by atomic mass is 16.3. The highest BCUT2D eigenvalue weighted by Crippen LogP contribution is 2.51. The van der Waals surface area contributed by atoms with Crippen molar-refractivity contribution in [1.29, 1.82) is 0 Å². The van der Waals surface area contributed by atoms with Gasteiger partial charge < -0.3 is 10.8 Å². The van der Waals surface area contributed by atoms with Gasteiger partial charge in [0.2, 0.25) is 0 Å². The van der Waals surface area contributed by atoms with Gasteiger partial charge >= 0.3 is 0 Å². The Bertz CT molecular complexity index is 401. The van der Waals surface area contributed by atoms with Crippen LogP contribution in [0.1, 0.15) is 51.5 Å². The molecule has 1 fully saturated rings. The van der Waals surface area contributed by atoms with E-state index in [0.29, 0.717) is 12.5 Å². The predicted octanol–water partition coefficient (Wildman–Crippen LogP) is 3.44. The van der Waals surface area contributed by atoms with Gasteiger partial charge in [0.25, 0.3) is 0 Å². The van der Waals surface area contributed by atoms with E-state index in [0.717, 1.165) is 18.4 Å². The maximum absolute atomic E-state index is 11.2. The van der Waals surface area contributed by atoms with Gasteiger partial charge in [0.1, 0.15) is 0 Å². The van der Waals surface area contributed by atoms with Crippen LogP contribution in [0.2, 0.25) is 0 Å². The Kier molecular flexibility index (Phi) is 4.32. The van der Waals surface area contributed by atoms with Gasteiger partial charge in [-0.2, -0.15) is 0 Å². The van der Waals surface area contributed by atoms with Gasteiger partial charge in [0.15, 0.2) is 0 Å². The molecule has 0 saturated heterocycles. The van der Waals surface area contributed by atoms with Crippen LogP contribution in [0.15, 0.2) is 30.3 Å². The van der Waals surface area contributed by atoms with Crippen LogP contribution in [0.5, 0.6) is 0 Å². The average Bonchev–Trinajstić information content (AvgIpc) is 2.48. The van der Waals surface area contributed by atoms with Crippen LogP contribution in [0.25, 0.3) is 0 Å². The van der Waals surface area contributed by atoms with Crippen molar-refractivity contribution in [3.63, 3.8) is 0 Å². The third kappa shape index (κ3) is 2.56. The molecule has 1 aromatic carbocycles. The average molecular weight is 261 g/mol. The highest BCUT2D eigenvalue weighted by Gasteiger charge is 2.49. The monoisotopic (exact) mass is 261 g/mol. The lowest BCUT2D eigenvalue weighted by Gasteiger charge is -2.50. The van der Waals surface area contributed by atoms with Gasteiger partial charge in [0, 0.05) is 12.0 Å². The van der Waals surface area contributed by atoms with Crippen LogP contribution in [0.3, 0.4) is 0 Å². The van der Waals surface area contributed by atoms with Gasteiger partial charge in [0.05, 0.1) is 5.60 Å². The smallest absolute Gasteiger partial charge is 0.0936 e. The first kappa shape index (κ1) is 14.5. The zero-order valence-corrected chi connectivity index (χ0v) is 12.2. The first-order chi connectivity index (χ1) is 9.05. The van der Waals surface area contributed by atoms with E-state index in [-0.39, 0.29) is 5.41 Å². The first-order valence-electron chi connectivity index (χ1n) is 7.54. The second kappa shape index (κ2) is 5.64. The lowest BCUT2D eigenvalue weighted by atomic mass is 9.59. The molecule has 0 spiro atoms. The van der Waals surface area contributed by atoms with Crippen molar-refractivity contribution in [2.45, 2.75) is 51.6 Å². The van der Waals surface area contributed by atoms with Crippen LogP contribution in [0, 0.1) is 11.3 Å². The molecule has 1 aliphatic carbocycles. The summed E-state index contributed by atoms with van der Waals surface area (Å²) in [5, 5.41) is 11.2. The first-order valence-corrected chi connectivity index (χ1v) is 7.54. The SMILES string of the molecule is CCC1CCCC(CN)(C(C)(O)c2ccccc2)C1. The number of aliphatic hydroxyl groups is 1. The summed E-state index contributed by atoms with van der Waals surface area (Å²) in [5.74, 6) is 0.701. The molecule has 2 heteroatoms. The molecule has 0 radical (unpaired) electrons. The summed E-state index contributed by atoms with van der Waals surface area (Å²) in [6.07, 6.45) is 5.72. The molecule has 2 nitrogen and oxygen atoms in total. The molecule has 106 valence electrons. The summed E-state index contributed by atoms with van der Waals surface area (Å²) >= 11 is 0. The van der Waals surface area contributed by atoms with Crippen molar-refractivity contribution in [2.75, 3.05) is 6.54 Å². The molecular weight excluding hydrogens is 234 g/mol. The molecular formula is C17H27NO. The molecule has 0 bridgehead atoms.